The molecule has 8 heteroatoms. The van der Waals surface area contributed by atoms with E-state index < -0.39 is 11.7 Å². The highest BCUT2D eigenvalue weighted by atomic mass is 32.2. The number of nitrogens with zero attached hydrogens (tertiary/aromatic N) is 2. The molecule has 2 heterocycles. The zero-order valence-electron chi connectivity index (χ0n) is 11.5. The van der Waals surface area contributed by atoms with Gasteiger partial charge in [-0.15, -0.1) is 11.3 Å². The van der Waals surface area contributed by atoms with Gasteiger partial charge in [0.25, 0.3) is 0 Å². The molecule has 2 rings (SSSR count). The summed E-state index contributed by atoms with van der Waals surface area (Å²) in [6, 6.07) is 2.09. The van der Waals surface area contributed by atoms with Crippen LogP contribution >= 0.6 is 23.1 Å². The molecule has 114 valence electrons. The van der Waals surface area contributed by atoms with Crippen molar-refractivity contribution in [2.75, 3.05) is 11.9 Å². The van der Waals surface area contributed by atoms with Crippen LogP contribution in [0.4, 0.5) is 19.0 Å². The fourth-order valence-corrected chi connectivity index (χ4v) is 3.35. The van der Waals surface area contributed by atoms with E-state index in [9.17, 15) is 13.2 Å². The molecule has 0 atom stereocenters. The second kappa shape index (κ2) is 6.65. The Hall–Kier alpha value is -1.28. The number of hydrogen-bond donors (Lipinski definition) is 1. The molecule has 0 spiro atoms. The van der Waals surface area contributed by atoms with Crippen LogP contribution in [0.1, 0.15) is 24.6 Å². The first-order chi connectivity index (χ1) is 9.88. The van der Waals surface area contributed by atoms with Gasteiger partial charge in [0.15, 0.2) is 4.34 Å². The third-order valence-electron chi connectivity index (χ3n) is 2.48. The quantitative estimate of drug-likeness (QED) is 0.850. The lowest BCUT2D eigenvalue weighted by molar-refractivity contribution is -0.137. The molecule has 0 unspecified atom stereocenters. The molecule has 0 aliphatic carbocycles. The van der Waals surface area contributed by atoms with E-state index in [0.717, 1.165) is 36.0 Å². The number of aryl methyl sites for hydroxylation is 1. The predicted octanol–water partition coefficient (Wildman–Crippen LogP) is 4.84. The Morgan fingerprint density at radius 3 is 2.62 bits per heavy atom. The summed E-state index contributed by atoms with van der Waals surface area (Å²) in [5.41, 5.74) is 0.144. The summed E-state index contributed by atoms with van der Waals surface area (Å²) in [7, 11) is 0. The van der Waals surface area contributed by atoms with E-state index in [-0.39, 0.29) is 10.8 Å². The van der Waals surface area contributed by atoms with E-state index in [1.807, 2.05) is 19.2 Å². The number of alkyl halides is 3. The first-order valence-corrected chi connectivity index (χ1v) is 8.01. The van der Waals surface area contributed by atoms with Gasteiger partial charge in [0, 0.05) is 17.6 Å². The van der Waals surface area contributed by atoms with Crippen LogP contribution < -0.4 is 5.32 Å². The van der Waals surface area contributed by atoms with Crippen molar-refractivity contribution in [3.8, 4) is 0 Å². The van der Waals surface area contributed by atoms with Crippen LogP contribution in [-0.4, -0.2) is 16.5 Å². The minimum Gasteiger partial charge on any atom is -0.370 e. The van der Waals surface area contributed by atoms with Crippen LogP contribution in [0, 0.1) is 6.92 Å². The van der Waals surface area contributed by atoms with Gasteiger partial charge in [-0.05, 0) is 37.2 Å². The number of pyridine rings is 1. The van der Waals surface area contributed by atoms with Crippen molar-refractivity contribution in [1.29, 1.82) is 0 Å². The first-order valence-electron chi connectivity index (χ1n) is 6.31. The third kappa shape index (κ3) is 4.60. The SMILES string of the molecule is CCCNc1cc(C(F)(F)F)cc(Sc2nc(C)cs2)n1. The van der Waals surface area contributed by atoms with Crippen molar-refractivity contribution >= 4 is 28.9 Å². The van der Waals surface area contributed by atoms with Gasteiger partial charge >= 0.3 is 6.18 Å². The van der Waals surface area contributed by atoms with Crippen molar-refractivity contribution in [2.45, 2.75) is 35.8 Å². The fourth-order valence-electron chi connectivity index (χ4n) is 1.53. The largest absolute Gasteiger partial charge is 0.416 e. The van der Waals surface area contributed by atoms with E-state index in [1.165, 1.54) is 11.3 Å². The summed E-state index contributed by atoms with van der Waals surface area (Å²) in [6.07, 6.45) is -3.58. The van der Waals surface area contributed by atoms with E-state index >= 15 is 0 Å². The van der Waals surface area contributed by atoms with Gasteiger partial charge in [-0.2, -0.15) is 13.2 Å². The Balaban J connectivity index is 2.30. The normalized spacial score (nSPS) is 11.7. The molecule has 2 aromatic rings. The molecular formula is C13H14F3N3S2. The van der Waals surface area contributed by atoms with Gasteiger partial charge in [0.2, 0.25) is 0 Å². The summed E-state index contributed by atoms with van der Waals surface area (Å²) in [5.74, 6) is 0.238. The molecular weight excluding hydrogens is 319 g/mol. The Bertz CT molecular complexity index is 611. The number of rotatable bonds is 5. The van der Waals surface area contributed by atoms with Crippen molar-refractivity contribution in [1.82, 2.24) is 9.97 Å². The van der Waals surface area contributed by atoms with Crippen LogP contribution in [0.5, 0.6) is 0 Å². The number of hydrogen-bond acceptors (Lipinski definition) is 5. The lowest BCUT2D eigenvalue weighted by atomic mass is 10.2. The molecule has 0 saturated heterocycles. The molecule has 1 N–H and O–H groups in total. The van der Waals surface area contributed by atoms with Crippen molar-refractivity contribution < 1.29 is 13.2 Å². The third-order valence-corrected chi connectivity index (χ3v) is 4.45. The minimum absolute atomic E-state index is 0.238. The zero-order valence-corrected chi connectivity index (χ0v) is 13.1. The maximum Gasteiger partial charge on any atom is 0.416 e. The fraction of sp³-hybridized carbons (Fsp3) is 0.385. The predicted molar refractivity (Wildman–Crippen MR) is 79.0 cm³/mol. The van der Waals surface area contributed by atoms with Crippen molar-refractivity contribution in [3.05, 3.63) is 28.8 Å². The van der Waals surface area contributed by atoms with Gasteiger partial charge in [0.05, 0.1) is 5.56 Å². The Morgan fingerprint density at radius 2 is 2.05 bits per heavy atom. The van der Waals surface area contributed by atoms with Crippen molar-refractivity contribution in [2.24, 2.45) is 0 Å². The molecule has 0 aromatic carbocycles. The number of thiazole rings is 1. The Labute approximate surface area is 129 Å². The van der Waals surface area contributed by atoms with Gasteiger partial charge in [-0.1, -0.05) is 6.92 Å². The van der Waals surface area contributed by atoms with Gasteiger partial charge in [0.1, 0.15) is 10.8 Å². The topological polar surface area (TPSA) is 37.8 Å². The van der Waals surface area contributed by atoms with E-state index in [2.05, 4.69) is 15.3 Å². The van der Waals surface area contributed by atoms with Crippen LogP contribution in [0.15, 0.2) is 26.9 Å². The zero-order chi connectivity index (χ0) is 15.5. The van der Waals surface area contributed by atoms with Crippen LogP contribution in [0.2, 0.25) is 0 Å². The van der Waals surface area contributed by atoms with Crippen LogP contribution in [0.25, 0.3) is 0 Å². The van der Waals surface area contributed by atoms with Crippen LogP contribution in [-0.2, 0) is 6.18 Å². The monoisotopic (exact) mass is 333 g/mol. The maximum atomic E-state index is 12.9. The average molecular weight is 333 g/mol. The second-order valence-corrected chi connectivity index (χ2v) is 6.49. The summed E-state index contributed by atoms with van der Waals surface area (Å²) >= 11 is 2.53. The molecule has 0 bridgehead atoms. The van der Waals surface area contributed by atoms with Gasteiger partial charge in [-0.25, -0.2) is 9.97 Å². The standard InChI is InChI=1S/C13H14F3N3S2/c1-3-4-17-10-5-9(13(14,15)16)6-11(19-10)21-12-18-8(2)7-20-12/h5-7H,3-4H2,1-2H3,(H,17,19). The van der Waals surface area contributed by atoms with Crippen molar-refractivity contribution in [3.63, 3.8) is 0 Å². The Morgan fingerprint density at radius 1 is 1.29 bits per heavy atom. The maximum absolute atomic E-state index is 12.9. The van der Waals surface area contributed by atoms with Crippen LogP contribution in [0.3, 0.4) is 0 Å². The number of halogens is 3. The average Bonchev–Trinajstić information content (AvgIpc) is 2.80. The number of nitrogens with one attached hydrogen (secondary N) is 1. The second-order valence-electron chi connectivity index (χ2n) is 4.36. The lowest BCUT2D eigenvalue weighted by Crippen LogP contribution is -2.09. The summed E-state index contributed by atoms with van der Waals surface area (Å²) in [4.78, 5) is 8.44. The smallest absolute Gasteiger partial charge is 0.370 e. The molecule has 0 amide bonds. The number of aromatic nitrogens is 2. The van der Waals surface area contributed by atoms with Gasteiger partial charge < -0.3 is 5.32 Å². The van der Waals surface area contributed by atoms with E-state index in [1.54, 1.807) is 0 Å². The molecule has 0 saturated carbocycles. The van der Waals surface area contributed by atoms with E-state index in [0.29, 0.717) is 10.9 Å². The lowest BCUT2D eigenvalue weighted by Gasteiger charge is -2.11. The first kappa shape index (κ1) is 16.1. The van der Waals surface area contributed by atoms with Gasteiger partial charge in [-0.3, -0.25) is 0 Å². The molecule has 0 fully saturated rings. The molecule has 0 aliphatic heterocycles. The number of anilines is 1. The molecule has 3 nitrogen and oxygen atoms in total. The highest BCUT2D eigenvalue weighted by Gasteiger charge is 2.31. The van der Waals surface area contributed by atoms with E-state index in [4.69, 9.17) is 0 Å². The minimum atomic E-state index is -4.39. The summed E-state index contributed by atoms with van der Waals surface area (Å²) in [5, 5.41) is 5.04. The molecule has 2 aromatic heterocycles. The summed E-state index contributed by atoms with van der Waals surface area (Å²) in [6.45, 7) is 4.36. The molecule has 0 radical (unpaired) electrons. The Kier molecular flexibility index (Phi) is 5.10. The summed E-state index contributed by atoms with van der Waals surface area (Å²) < 4.78 is 39.5. The highest BCUT2D eigenvalue weighted by molar-refractivity contribution is 8.01. The molecule has 0 aliphatic rings. The molecule has 21 heavy (non-hydrogen) atoms. The highest BCUT2D eigenvalue weighted by Crippen LogP contribution is 2.35.